The zero-order valence-electron chi connectivity index (χ0n) is 18.6. The van der Waals surface area contributed by atoms with Crippen LogP contribution in [0.15, 0.2) is 84.1 Å². The average Bonchev–Trinajstić information content (AvgIpc) is 3.26. The number of hydrogen-bond donors (Lipinski definition) is 1. The van der Waals surface area contributed by atoms with Gasteiger partial charge in [0.05, 0.1) is 5.69 Å². The minimum atomic E-state index is 0.512. The van der Waals surface area contributed by atoms with Gasteiger partial charge in [-0.05, 0) is 55.6 Å². The van der Waals surface area contributed by atoms with Gasteiger partial charge >= 0.3 is 0 Å². The van der Waals surface area contributed by atoms with E-state index in [0.29, 0.717) is 22.1 Å². The van der Waals surface area contributed by atoms with Crippen LogP contribution in [0.2, 0.25) is 0 Å². The van der Waals surface area contributed by atoms with Gasteiger partial charge in [-0.1, -0.05) is 23.8 Å². The number of anilines is 2. The Labute approximate surface area is 201 Å². The Morgan fingerprint density at radius 1 is 1.00 bits per heavy atom. The summed E-state index contributed by atoms with van der Waals surface area (Å²) >= 11 is 1.45. The SMILES string of the molecule is CSc1nc2cc(Nc3ccc(Oc4ccncc4)cc3)nn2c(-c2cccc(C)c2)c1C#N. The number of nitrogens with zero attached hydrogens (tertiary/aromatic N) is 5. The summed E-state index contributed by atoms with van der Waals surface area (Å²) in [6.07, 6.45) is 5.30. The molecule has 0 unspecified atom stereocenters. The van der Waals surface area contributed by atoms with Crippen molar-refractivity contribution in [3.05, 3.63) is 90.3 Å². The van der Waals surface area contributed by atoms with Gasteiger partial charge in [-0.25, -0.2) is 9.50 Å². The first kappa shape index (κ1) is 21.5. The smallest absolute Gasteiger partial charge is 0.159 e. The number of thioether (sulfide) groups is 1. The second kappa shape index (κ2) is 9.25. The summed E-state index contributed by atoms with van der Waals surface area (Å²) in [5.74, 6) is 2.08. The molecule has 0 spiro atoms. The Kier molecular flexibility index (Phi) is 5.85. The molecule has 0 aliphatic rings. The Bertz CT molecular complexity index is 1510. The van der Waals surface area contributed by atoms with Crippen LogP contribution >= 0.6 is 11.8 Å². The number of nitrogens with one attached hydrogen (secondary N) is 1. The van der Waals surface area contributed by atoms with Crippen LogP contribution in [0.1, 0.15) is 11.1 Å². The fourth-order valence-corrected chi connectivity index (χ4v) is 4.18. The molecule has 5 rings (SSSR count). The van der Waals surface area contributed by atoms with Gasteiger partial charge in [0.15, 0.2) is 11.5 Å². The maximum Gasteiger partial charge on any atom is 0.159 e. The summed E-state index contributed by atoms with van der Waals surface area (Å²) in [4.78, 5) is 8.67. The van der Waals surface area contributed by atoms with Crippen molar-refractivity contribution < 1.29 is 4.74 Å². The molecule has 8 heteroatoms. The first-order valence-corrected chi connectivity index (χ1v) is 11.8. The normalized spacial score (nSPS) is 10.7. The van der Waals surface area contributed by atoms with Gasteiger partial charge in [0.2, 0.25) is 0 Å². The molecule has 0 amide bonds. The lowest BCUT2D eigenvalue weighted by Gasteiger charge is -2.11. The van der Waals surface area contributed by atoms with Crippen LogP contribution in [0.3, 0.4) is 0 Å². The van der Waals surface area contributed by atoms with Crippen molar-refractivity contribution in [1.29, 1.82) is 5.26 Å². The monoisotopic (exact) mass is 464 g/mol. The molecule has 0 saturated heterocycles. The maximum absolute atomic E-state index is 9.92. The lowest BCUT2D eigenvalue weighted by atomic mass is 10.1. The second-order valence-electron chi connectivity index (χ2n) is 7.56. The van der Waals surface area contributed by atoms with Crippen LogP contribution in [0.4, 0.5) is 11.5 Å². The third-order valence-corrected chi connectivity index (χ3v) is 5.86. The summed E-state index contributed by atoms with van der Waals surface area (Å²) in [6.45, 7) is 2.03. The predicted molar refractivity (Wildman–Crippen MR) is 134 cm³/mol. The molecule has 34 heavy (non-hydrogen) atoms. The fourth-order valence-electron chi connectivity index (χ4n) is 3.65. The predicted octanol–water partition coefficient (Wildman–Crippen LogP) is 6.23. The van der Waals surface area contributed by atoms with Crippen LogP contribution in [0.5, 0.6) is 11.5 Å². The molecule has 3 heterocycles. The molecule has 0 saturated carbocycles. The lowest BCUT2D eigenvalue weighted by Crippen LogP contribution is -2.03. The molecule has 2 aromatic carbocycles. The van der Waals surface area contributed by atoms with Gasteiger partial charge in [-0.3, -0.25) is 4.98 Å². The van der Waals surface area contributed by atoms with Crippen molar-refractivity contribution in [3.8, 4) is 28.8 Å². The molecule has 0 atom stereocenters. The van der Waals surface area contributed by atoms with E-state index in [1.165, 1.54) is 11.8 Å². The molecule has 7 nitrogen and oxygen atoms in total. The third kappa shape index (κ3) is 4.29. The van der Waals surface area contributed by atoms with Gasteiger partial charge < -0.3 is 10.1 Å². The molecule has 166 valence electrons. The van der Waals surface area contributed by atoms with Crippen molar-refractivity contribution in [3.63, 3.8) is 0 Å². The zero-order chi connectivity index (χ0) is 23.5. The standard InChI is InChI=1S/C26H20N6OS/c1-17-4-3-5-18(14-17)25-22(16-27)26(34-2)30-24-15-23(31-32(24)25)29-19-6-8-20(9-7-19)33-21-10-12-28-13-11-21/h3-15H,1-2H3,(H,29,31). The van der Waals surface area contributed by atoms with E-state index in [2.05, 4.69) is 27.4 Å². The lowest BCUT2D eigenvalue weighted by molar-refractivity contribution is 0.482. The summed E-state index contributed by atoms with van der Waals surface area (Å²) in [6, 6.07) is 23.5. The van der Waals surface area contributed by atoms with E-state index in [1.807, 2.05) is 61.7 Å². The largest absolute Gasteiger partial charge is 0.457 e. The van der Waals surface area contributed by atoms with Gasteiger partial charge in [-0.15, -0.1) is 16.9 Å². The highest BCUT2D eigenvalue weighted by Crippen LogP contribution is 2.32. The number of fused-ring (bicyclic) bond motifs is 1. The number of hydrogen-bond acceptors (Lipinski definition) is 7. The highest BCUT2D eigenvalue weighted by Gasteiger charge is 2.19. The molecule has 0 fully saturated rings. The molecule has 1 N–H and O–H groups in total. The van der Waals surface area contributed by atoms with Crippen LogP contribution in [0.25, 0.3) is 16.9 Å². The van der Waals surface area contributed by atoms with Crippen LogP contribution in [-0.2, 0) is 0 Å². The highest BCUT2D eigenvalue weighted by atomic mass is 32.2. The Balaban J connectivity index is 1.49. The topological polar surface area (TPSA) is 88.1 Å². The van der Waals surface area contributed by atoms with Crippen molar-refractivity contribution in [1.82, 2.24) is 19.6 Å². The van der Waals surface area contributed by atoms with E-state index in [9.17, 15) is 5.26 Å². The molecular formula is C26H20N6OS. The summed E-state index contributed by atoms with van der Waals surface area (Å²) in [5.41, 5.74) is 4.80. The second-order valence-corrected chi connectivity index (χ2v) is 8.35. The number of rotatable bonds is 6. The summed E-state index contributed by atoms with van der Waals surface area (Å²) in [5, 5.41) is 18.7. The van der Waals surface area contributed by atoms with E-state index >= 15 is 0 Å². The highest BCUT2D eigenvalue weighted by molar-refractivity contribution is 7.98. The minimum Gasteiger partial charge on any atom is -0.457 e. The van der Waals surface area contributed by atoms with E-state index in [0.717, 1.165) is 34.0 Å². The fraction of sp³-hybridized carbons (Fsp3) is 0.0769. The van der Waals surface area contributed by atoms with Crippen LogP contribution in [0, 0.1) is 18.3 Å². The Hall–Kier alpha value is -4.35. The first-order valence-electron chi connectivity index (χ1n) is 10.5. The molecule has 0 aliphatic heterocycles. The number of ether oxygens (including phenoxy) is 1. The van der Waals surface area contributed by atoms with Gasteiger partial charge in [0.25, 0.3) is 0 Å². The molecule has 0 radical (unpaired) electrons. The summed E-state index contributed by atoms with van der Waals surface area (Å²) in [7, 11) is 0. The molecular weight excluding hydrogens is 444 g/mol. The Morgan fingerprint density at radius 3 is 2.47 bits per heavy atom. The maximum atomic E-state index is 9.92. The number of nitriles is 1. The van der Waals surface area contributed by atoms with Crippen molar-refractivity contribution in [2.45, 2.75) is 11.9 Å². The van der Waals surface area contributed by atoms with Gasteiger partial charge in [0.1, 0.15) is 28.2 Å². The summed E-state index contributed by atoms with van der Waals surface area (Å²) < 4.78 is 7.56. The zero-order valence-corrected chi connectivity index (χ0v) is 19.4. The van der Waals surface area contributed by atoms with Gasteiger partial charge in [0, 0.05) is 29.7 Å². The van der Waals surface area contributed by atoms with E-state index in [1.54, 1.807) is 29.0 Å². The minimum absolute atomic E-state index is 0.512. The van der Waals surface area contributed by atoms with E-state index in [-0.39, 0.29) is 0 Å². The van der Waals surface area contributed by atoms with E-state index < -0.39 is 0 Å². The van der Waals surface area contributed by atoms with E-state index in [4.69, 9.17) is 9.84 Å². The first-order chi connectivity index (χ1) is 16.6. The number of pyridine rings is 1. The average molecular weight is 465 g/mol. The molecule has 5 aromatic rings. The van der Waals surface area contributed by atoms with Crippen LogP contribution < -0.4 is 10.1 Å². The van der Waals surface area contributed by atoms with Gasteiger partial charge in [-0.2, -0.15) is 5.26 Å². The molecule has 0 aliphatic carbocycles. The molecule has 3 aromatic heterocycles. The molecule has 0 bridgehead atoms. The van der Waals surface area contributed by atoms with Crippen molar-refractivity contribution in [2.75, 3.05) is 11.6 Å². The number of aromatic nitrogens is 4. The van der Waals surface area contributed by atoms with Crippen LogP contribution in [-0.4, -0.2) is 25.8 Å². The number of aryl methyl sites for hydroxylation is 1. The third-order valence-electron chi connectivity index (χ3n) is 5.18. The van der Waals surface area contributed by atoms with Crippen molar-refractivity contribution >= 4 is 28.9 Å². The quantitative estimate of drug-likeness (QED) is 0.235. The number of benzene rings is 2. The van der Waals surface area contributed by atoms with Crippen molar-refractivity contribution in [2.24, 2.45) is 0 Å². The Morgan fingerprint density at radius 2 is 1.76 bits per heavy atom.